The maximum absolute atomic E-state index is 13.3. The predicted octanol–water partition coefficient (Wildman–Crippen LogP) is 2.74. The summed E-state index contributed by atoms with van der Waals surface area (Å²) in [7, 11) is 0. The quantitative estimate of drug-likeness (QED) is 0.682. The first-order valence-electron chi connectivity index (χ1n) is 9.25. The summed E-state index contributed by atoms with van der Waals surface area (Å²) in [5, 5.41) is 0.821. The van der Waals surface area contributed by atoms with Crippen LogP contribution < -0.4 is 11.2 Å². The maximum atomic E-state index is 13.3. The van der Waals surface area contributed by atoms with Crippen molar-refractivity contribution >= 4 is 28.4 Å². The van der Waals surface area contributed by atoms with Crippen LogP contribution in [-0.2, 0) is 11.3 Å². The fourth-order valence-corrected chi connectivity index (χ4v) is 3.87. The lowest BCUT2D eigenvalue weighted by Gasteiger charge is -2.18. The first-order valence-corrected chi connectivity index (χ1v) is 9.63. The zero-order valence-electron chi connectivity index (χ0n) is 15.5. The molecular weight excluding hydrogens is 378 g/mol. The van der Waals surface area contributed by atoms with Gasteiger partial charge < -0.3 is 4.90 Å². The number of rotatable bonds is 3. The van der Waals surface area contributed by atoms with Crippen LogP contribution in [0, 0.1) is 6.92 Å². The molecule has 0 saturated carbocycles. The molecular formula is C21H20ClN3O3. The molecule has 0 spiro atoms. The second-order valence-corrected chi connectivity index (χ2v) is 7.53. The van der Waals surface area contributed by atoms with E-state index in [0.717, 1.165) is 23.0 Å². The molecule has 1 aromatic heterocycles. The van der Waals surface area contributed by atoms with Gasteiger partial charge in [0.1, 0.15) is 6.54 Å². The molecule has 0 N–H and O–H groups in total. The first kappa shape index (κ1) is 18.5. The Morgan fingerprint density at radius 1 is 1.07 bits per heavy atom. The Bertz CT molecular complexity index is 1190. The number of aromatic nitrogens is 2. The van der Waals surface area contributed by atoms with E-state index in [0.29, 0.717) is 34.7 Å². The minimum absolute atomic E-state index is 0.0980. The lowest BCUT2D eigenvalue weighted by Crippen LogP contribution is -2.42. The highest BCUT2D eigenvalue weighted by atomic mass is 35.5. The number of halogens is 1. The second-order valence-electron chi connectivity index (χ2n) is 7.10. The molecule has 144 valence electrons. The third kappa shape index (κ3) is 3.24. The van der Waals surface area contributed by atoms with Crippen LogP contribution in [0.1, 0.15) is 18.4 Å². The van der Waals surface area contributed by atoms with Crippen molar-refractivity contribution in [2.45, 2.75) is 26.3 Å². The van der Waals surface area contributed by atoms with E-state index in [1.54, 1.807) is 41.3 Å². The molecule has 0 atom stereocenters. The topological polar surface area (TPSA) is 64.3 Å². The molecule has 1 aliphatic rings. The molecule has 3 aromatic rings. The van der Waals surface area contributed by atoms with Crippen molar-refractivity contribution in [3.8, 4) is 5.69 Å². The van der Waals surface area contributed by atoms with Crippen molar-refractivity contribution in [3.63, 3.8) is 0 Å². The summed E-state index contributed by atoms with van der Waals surface area (Å²) < 4.78 is 2.47. The van der Waals surface area contributed by atoms with Crippen molar-refractivity contribution in [1.29, 1.82) is 0 Å². The number of aryl methyl sites for hydroxylation is 1. The Hall–Kier alpha value is -2.86. The molecule has 0 unspecified atom stereocenters. The highest BCUT2D eigenvalue weighted by Gasteiger charge is 2.21. The molecule has 28 heavy (non-hydrogen) atoms. The zero-order valence-corrected chi connectivity index (χ0v) is 16.3. The average molecular weight is 398 g/mol. The van der Waals surface area contributed by atoms with Crippen LogP contribution in [0.25, 0.3) is 16.6 Å². The van der Waals surface area contributed by atoms with E-state index in [2.05, 4.69) is 0 Å². The molecule has 1 fully saturated rings. The molecule has 7 heteroatoms. The SMILES string of the molecule is Cc1ccc2c(c1)c(=O)n(-c1cccc(Cl)c1)c(=O)n2CC(=O)N1CCCC1. The van der Waals surface area contributed by atoms with Crippen LogP contribution in [0.4, 0.5) is 0 Å². The largest absolute Gasteiger partial charge is 0.341 e. The number of nitrogens with zero attached hydrogens (tertiary/aromatic N) is 3. The minimum atomic E-state index is -0.545. The third-order valence-electron chi connectivity index (χ3n) is 5.12. The molecule has 4 rings (SSSR count). The first-order chi connectivity index (χ1) is 13.5. The average Bonchev–Trinajstić information content (AvgIpc) is 3.20. The molecule has 0 radical (unpaired) electrons. The Labute approximate surface area is 166 Å². The summed E-state index contributed by atoms with van der Waals surface area (Å²) >= 11 is 6.07. The fraction of sp³-hybridized carbons (Fsp3) is 0.286. The van der Waals surface area contributed by atoms with Gasteiger partial charge in [-0.15, -0.1) is 0 Å². The standard InChI is InChI=1S/C21H20ClN3O3/c1-14-7-8-18-17(11-14)20(27)25(16-6-4-5-15(22)12-16)21(28)24(18)13-19(26)23-9-2-3-10-23/h4-8,11-12H,2-3,9-10,13H2,1H3. The van der Waals surface area contributed by atoms with Gasteiger partial charge in [-0.2, -0.15) is 0 Å². The normalized spacial score (nSPS) is 14.0. The Kier molecular flexibility index (Phi) is 4.81. The van der Waals surface area contributed by atoms with Crippen molar-refractivity contribution in [2.75, 3.05) is 13.1 Å². The van der Waals surface area contributed by atoms with E-state index in [4.69, 9.17) is 11.6 Å². The van der Waals surface area contributed by atoms with E-state index in [1.807, 2.05) is 13.0 Å². The van der Waals surface area contributed by atoms with E-state index in [1.165, 1.54) is 4.57 Å². The van der Waals surface area contributed by atoms with E-state index in [9.17, 15) is 14.4 Å². The van der Waals surface area contributed by atoms with Gasteiger partial charge in [0, 0.05) is 18.1 Å². The summed E-state index contributed by atoms with van der Waals surface area (Å²) in [6.45, 7) is 3.20. The van der Waals surface area contributed by atoms with Crippen LogP contribution in [0.5, 0.6) is 0 Å². The number of carbonyl (C=O) groups excluding carboxylic acids is 1. The highest BCUT2D eigenvalue weighted by Crippen LogP contribution is 2.16. The van der Waals surface area contributed by atoms with Crippen LogP contribution in [0.3, 0.4) is 0 Å². The van der Waals surface area contributed by atoms with Gasteiger partial charge >= 0.3 is 5.69 Å². The lowest BCUT2D eigenvalue weighted by molar-refractivity contribution is -0.130. The summed E-state index contributed by atoms with van der Waals surface area (Å²) in [5.41, 5.74) is 0.782. The van der Waals surface area contributed by atoms with Gasteiger partial charge in [0.2, 0.25) is 5.91 Å². The van der Waals surface area contributed by atoms with Crippen molar-refractivity contribution in [2.24, 2.45) is 0 Å². The summed E-state index contributed by atoms with van der Waals surface area (Å²) in [6.07, 6.45) is 1.95. The zero-order chi connectivity index (χ0) is 19.8. The molecule has 2 aromatic carbocycles. The highest BCUT2D eigenvalue weighted by molar-refractivity contribution is 6.30. The van der Waals surface area contributed by atoms with Gasteiger partial charge in [0.25, 0.3) is 5.56 Å². The van der Waals surface area contributed by atoms with E-state index in [-0.39, 0.29) is 12.5 Å². The van der Waals surface area contributed by atoms with Gasteiger partial charge in [0.05, 0.1) is 16.6 Å². The van der Waals surface area contributed by atoms with Crippen molar-refractivity contribution in [1.82, 2.24) is 14.0 Å². The number of benzene rings is 2. The third-order valence-corrected chi connectivity index (χ3v) is 5.35. The van der Waals surface area contributed by atoms with Gasteiger partial charge in [0.15, 0.2) is 0 Å². The lowest BCUT2D eigenvalue weighted by atomic mass is 10.1. The Morgan fingerprint density at radius 2 is 1.82 bits per heavy atom. The number of likely N-dealkylation sites (tertiary alicyclic amines) is 1. The number of hydrogen-bond donors (Lipinski definition) is 0. The summed E-state index contributed by atoms with van der Waals surface area (Å²) in [6, 6.07) is 11.9. The molecule has 1 amide bonds. The summed E-state index contributed by atoms with van der Waals surface area (Å²) in [4.78, 5) is 40.9. The fourth-order valence-electron chi connectivity index (χ4n) is 3.69. The molecule has 0 aliphatic carbocycles. The van der Waals surface area contributed by atoms with Gasteiger partial charge in [-0.1, -0.05) is 29.3 Å². The molecule has 1 aliphatic heterocycles. The monoisotopic (exact) mass is 397 g/mol. The predicted molar refractivity (Wildman–Crippen MR) is 109 cm³/mol. The van der Waals surface area contributed by atoms with E-state index >= 15 is 0 Å². The number of carbonyl (C=O) groups is 1. The molecule has 0 bridgehead atoms. The second kappa shape index (κ2) is 7.28. The van der Waals surface area contributed by atoms with Crippen molar-refractivity contribution < 1.29 is 4.79 Å². The van der Waals surface area contributed by atoms with Gasteiger partial charge in [-0.3, -0.25) is 14.2 Å². The van der Waals surface area contributed by atoms with Gasteiger partial charge in [-0.25, -0.2) is 9.36 Å². The number of hydrogen-bond acceptors (Lipinski definition) is 3. The smallest absolute Gasteiger partial charge is 0.336 e. The van der Waals surface area contributed by atoms with Crippen LogP contribution in [-0.4, -0.2) is 33.0 Å². The molecule has 2 heterocycles. The molecule has 6 nitrogen and oxygen atoms in total. The Morgan fingerprint density at radius 3 is 2.54 bits per heavy atom. The van der Waals surface area contributed by atoms with Crippen LogP contribution in [0.15, 0.2) is 52.1 Å². The van der Waals surface area contributed by atoms with Crippen molar-refractivity contribution in [3.05, 3.63) is 73.9 Å². The molecule has 1 saturated heterocycles. The Balaban J connectivity index is 1.96. The number of fused-ring (bicyclic) bond motifs is 1. The minimum Gasteiger partial charge on any atom is -0.341 e. The van der Waals surface area contributed by atoms with Crippen LogP contribution in [0.2, 0.25) is 5.02 Å². The van der Waals surface area contributed by atoms with Gasteiger partial charge in [-0.05, 0) is 50.1 Å². The summed E-state index contributed by atoms with van der Waals surface area (Å²) in [5.74, 6) is -0.113. The van der Waals surface area contributed by atoms with Crippen LogP contribution >= 0.6 is 11.6 Å². The van der Waals surface area contributed by atoms with E-state index < -0.39 is 11.2 Å². The number of amides is 1. The maximum Gasteiger partial charge on any atom is 0.336 e.